The van der Waals surface area contributed by atoms with E-state index >= 15 is 4.39 Å². The second kappa shape index (κ2) is 12.8. The average Bonchev–Trinajstić information content (AvgIpc) is 2.80. The lowest BCUT2D eigenvalue weighted by atomic mass is 10.0. The number of hydrogen-bond acceptors (Lipinski definition) is 7. The molecule has 14 heteroatoms. The maximum absolute atomic E-state index is 15.4. The normalized spacial score (nSPS) is 13.6. The molecule has 2 rings (SSSR count). The number of esters is 1. The number of halogens is 3. The van der Waals surface area contributed by atoms with Crippen molar-refractivity contribution in [2.45, 2.75) is 51.6 Å². The highest BCUT2D eigenvalue weighted by molar-refractivity contribution is 7.91. The van der Waals surface area contributed by atoms with Crippen LogP contribution in [0.25, 0.3) is 0 Å². The fourth-order valence-electron chi connectivity index (χ4n) is 3.38. The number of rotatable bonds is 12. The van der Waals surface area contributed by atoms with E-state index < -0.39 is 80.8 Å². The second-order valence-corrected chi connectivity index (χ2v) is 12.4. The van der Waals surface area contributed by atoms with Crippen LogP contribution in [0.15, 0.2) is 30.3 Å². The maximum Gasteiger partial charge on any atom is 0.341 e. The van der Waals surface area contributed by atoms with Gasteiger partial charge in [0.05, 0.1) is 23.7 Å². The predicted molar refractivity (Wildman–Crippen MR) is 139 cm³/mol. The maximum atomic E-state index is 15.4. The van der Waals surface area contributed by atoms with Crippen LogP contribution in [0.3, 0.4) is 0 Å². The van der Waals surface area contributed by atoms with Crippen molar-refractivity contribution in [3.63, 3.8) is 0 Å². The molecule has 9 nitrogen and oxygen atoms in total. The Morgan fingerprint density at radius 1 is 1.21 bits per heavy atom. The van der Waals surface area contributed by atoms with Gasteiger partial charge in [-0.15, -0.1) is 0 Å². The molecule has 2 unspecified atom stereocenters. The van der Waals surface area contributed by atoms with Crippen LogP contribution in [0.1, 0.15) is 49.5 Å². The second-order valence-electron chi connectivity index (χ2n) is 9.29. The third-order valence-corrected chi connectivity index (χ3v) is 7.81. The summed E-state index contributed by atoms with van der Waals surface area (Å²) in [5.41, 5.74) is 2.64. The third kappa shape index (κ3) is 8.08. The van der Waals surface area contributed by atoms with E-state index in [-0.39, 0.29) is 29.0 Å². The van der Waals surface area contributed by atoms with Gasteiger partial charge in [0.2, 0.25) is 5.50 Å². The van der Waals surface area contributed by atoms with E-state index in [2.05, 4.69) is 0 Å². The Hall–Kier alpha value is -2.84. The summed E-state index contributed by atoms with van der Waals surface area (Å²) in [6, 6.07) is 6.44. The van der Waals surface area contributed by atoms with Crippen LogP contribution >= 0.6 is 0 Å². The minimum absolute atomic E-state index is 0.0232. The highest BCUT2D eigenvalue weighted by Crippen LogP contribution is 2.36. The number of benzene rings is 2. The van der Waals surface area contributed by atoms with Crippen molar-refractivity contribution < 1.29 is 44.6 Å². The first kappa shape index (κ1) is 31.4. The van der Waals surface area contributed by atoms with Crippen LogP contribution in [0.5, 0.6) is 11.5 Å². The van der Waals surface area contributed by atoms with Gasteiger partial charge in [-0.25, -0.2) is 26.2 Å². The number of ether oxygens (including phenoxy) is 2. The standard InChI is InChI=1S/C24H31F3N2O7S2/c1-15-18(10-9-16(28)21(15)23(30)36-24(2,3)4)35-19-8-5-7-17(22(19)27)29(37(31)32)13-11-20(26)38(33,34)14-6-12-25/h5,7-10,20H,6,11-14,28H2,1-4H3,(H,31,32). The summed E-state index contributed by atoms with van der Waals surface area (Å²) >= 11 is -2.86. The zero-order valence-electron chi connectivity index (χ0n) is 21.4. The molecule has 0 aliphatic rings. The first-order chi connectivity index (χ1) is 17.6. The summed E-state index contributed by atoms with van der Waals surface area (Å²) in [5.74, 6) is -2.88. The Bertz CT molecular complexity index is 1280. The van der Waals surface area contributed by atoms with E-state index in [9.17, 15) is 30.8 Å². The number of alkyl halides is 2. The van der Waals surface area contributed by atoms with E-state index in [0.717, 1.165) is 6.07 Å². The van der Waals surface area contributed by atoms with E-state index in [0.29, 0.717) is 4.31 Å². The number of nitrogens with two attached hydrogens (primary N) is 1. The van der Waals surface area contributed by atoms with Crippen molar-refractivity contribution in [1.29, 1.82) is 0 Å². The number of anilines is 2. The van der Waals surface area contributed by atoms with Crippen molar-refractivity contribution in [2.24, 2.45) is 0 Å². The summed E-state index contributed by atoms with van der Waals surface area (Å²) in [7, 11) is -4.30. The summed E-state index contributed by atoms with van der Waals surface area (Å²) in [6.07, 6.45) is -1.14. The molecule has 38 heavy (non-hydrogen) atoms. The Kier molecular flexibility index (Phi) is 10.6. The highest BCUT2D eigenvalue weighted by Gasteiger charge is 2.28. The summed E-state index contributed by atoms with van der Waals surface area (Å²) < 4.78 is 99.0. The van der Waals surface area contributed by atoms with Gasteiger partial charge in [-0.3, -0.25) is 13.2 Å². The number of sulfone groups is 1. The lowest BCUT2D eigenvalue weighted by Crippen LogP contribution is -2.31. The molecule has 0 radical (unpaired) electrons. The molecule has 2 aromatic rings. The zero-order chi connectivity index (χ0) is 28.8. The van der Waals surface area contributed by atoms with Gasteiger partial charge in [0.15, 0.2) is 21.4 Å². The molecular weight excluding hydrogens is 549 g/mol. The minimum Gasteiger partial charge on any atom is -0.456 e. The van der Waals surface area contributed by atoms with Crippen LogP contribution in [-0.4, -0.2) is 53.2 Å². The van der Waals surface area contributed by atoms with Gasteiger partial charge < -0.3 is 15.2 Å². The van der Waals surface area contributed by atoms with E-state index in [1.54, 1.807) is 20.8 Å². The molecule has 2 aromatic carbocycles. The first-order valence-corrected chi connectivity index (χ1v) is 14.3. The average molecular weight is 581 g/mol. The zero-order valence-corrected chi connectivity index (χ0v) is 23.0. The number of carbonyl (C=O) groups excluding carboxylic acids is 1. The molecule has 212 valence electrons. The molecule has 0 fully saturated rings. The van der Waals surface area contributed by atoms with Gasteiger partial charge in [-0.1, -0.05) is 6.07 Å². The largest absolute Gasteiger partial charge is 0.456 e. The molecule has 0 aliphatic heterocycles. The summed E-state index contributed by atoms with van der Waals surface area (Å²) in [6.45, 7) is 4.97. The molecule has 3 N–H and O–H groups in total. The molecule has 0 aromatic heterocycles. The van der Waals surface area contributed by atoms with Gasteiger partial charge in [-0.2, -0.15) is 0 Å². The topological polar surface area (TPSA) is 136 Å². The van der Waals surface area contributed by atoms with Crippen molar-refractivity contribution in [1.82, 2.24) is 0 Å². The summed E-state index contributed by atoms with van der Waals surface area (Å²) in [5, 5.41) is 0. The smallest absolute Gasteiger partial charge is 0.341 e. The summed E-state index contributed by atoms with van der Waals surface area (Å²) in [4.78, 5) is 12.7. The van der Waals surface area contributed by atoms with Crippen LogP contribution in [0.2, 0.25) is 0 Å². The SMILES string of the molecule is Cc1c(Oc2cccc(N(CCC(F)S(=O)(=O)CCCF)S(=O)O)c2F)ccc(N)c1C(=O)OC(C)(C)C. The molecule has 0 amide bonds. The Morgan fingerprint density at radius 2 is 1.87 bits per heavy atom. The van der Waals surface area contributed by atoms with Crippen LogP contribution in [0.4, 0.5) is 24.5 Å². The number of nitrogens with zero attached hydrogens (tertiary/aromatic N) is 1. The van der Waals surface area contributed by atoms with Crippen molar-refractivity contribution in [3.05, 3.63) is 47.3 Å². The molecule has 0 spiro atoms. The van der Waals surface area contributed by atoms with Gasteiger partial charge in [-0.05, 0) is 58.4 Å². The molecule has 0 bridgehead atoms. The quantitative estimate of drug-likeness (QED) is 0.206. The monoisotopic (exact) mass is 580 g/mol. The van der Waals surface area contributed by atoms with E-state index in [1.165, 1.54) is 31.2 Å². The van der Waals surface area contributed by atoms with Gasteiger partial charge in [0.1, 0.15) is 11.4 Å². The number of nitrogen functional groups attached to an aromatic ring is 1. The molecule has 0 saturated carbocycles. The van der Waals surface area contributed by atoms with Crippen molar-refractivity contribution in [2.75, 3.05) is 29.0 Å². The van der Waals surface area contributed by atoms with Crippen molar-refractivity contribution >= 4 is 38.4 Å². The Balaban J connectivity index is 2.35. The molecule has 0 saturated heterocycles. The lowest BCUT2D eigenvalue weighted by Gasteiger charge is -2.23. The third-order valence-electron chi connectivity index (χ3n) is 5.18. The van der Waals surface area contributed by atoms with Gasteiger partial charge in [0, 0.05) is 24.2 Å². The molecule has 0 heterocycles. The fourth-order valence-corrected chi connectivity index (χ4v) is 5.18. The number of carbonyl (C=O) groups is 1. The van der Waals surface area contributed by atoms with Crippen LogP contribution in [-0.2, 0) is 25.8 Å². The highest BCUT2D eigenvalue weighted by atomic mass is 32.2. The minimum atomic E-state index is -4.30. The van der Waals surface area contributed by atoms with Gasteiger partial charge >= 0.3 is 5.97 Å². The molecular formula is C24H31F3N2O7S2. The Morgan fingerprint density at radius 3 is 2.45 bits per heavy atom. The van der Waals surface area contributed by atoms with Gasteiger partial charge in [0.25, 0.3) is 11.3 Å². The van der Waals surface area contributed by atoms with Crippen LogP contribution < -0.4 is 14.8 Å². The Labute approximate surface area is 222 Å². The fraction of sp³-hybridized carbons (Fsp3) is 0.458. The van der Waals surface area contributed by atoms with E-state index in [4.69, 9.17) is 15.2 Å². The van der Waals surface area contributed by atoms with E-state index in [1.807, 2.05) is 0 Å². The lowest BCUT2D eigenvalue weighted by molar-refractivity contribution is 0.00696. The molecule has 2 atom stereocenters. The predicted octanol–water partition coefficient (Wildman–Crippen LogP) is 4.87. The first-order valence-electron chi connectivity index (χ1n) is 11.5. The molecule has 0 aliphatic carbocycles. The number of hydrogen-bond donors (Lipinski definition) is 2. The van der Waals surface area contributed by atoms with Crippen molar-refractivity contribution in [3.8, 4) is 11.5 Å². The van der Waals surface area contributed by atoms with Crippen LogP contribution in [0, 0.1) is 12.7 Å².